The van der Waals surface area contributed by atoms with Crippen LogP contribution in [-0.4, -0.2) is 37.3 Å². The summed E-state index contributed by atoms with van der Waals surface area (Å²) in [5, 5.41) is 14.9. The molecule has 0 saturated heterocycles. The van der Waals surface area contributed by atoms with Crippen molar-refractivity contribution in [2.45, 2.75) is 25.2 Å². The van der Waals surface area contributed by atoms with Crippen LogP contribution in [0.5, 0.6) is 0 Å². The van der Waals surface area contributed by atoms with Crippen LogP contribution in [0.15, 0.2) is 12.4 Å². The van der Waals surface area contributed by atoms with Crippen molar-refractivity contribution < 1.29 is 13.2 Å². The van der Waals surface area contributed by atoms with Gasteiger partial charge in [0.05, 0.1) is 12.2 Å². The van der Waals surface area contributed by atoms with E-state index in [9.17, 15) is 13.2 Å². The van der Waals surface area contributed by atoms with Crippen molar-refractivity contribution in [1.29, 1.82) is 0 Å². The number of aryl methyl sites for hydroxylation is 1. The smallest absolute Gasteiger partial charge is 0.312 e. The minimum atomic E-state index is -4.28. The molecule has 1 atom stereocenters. The van der Waals surface area contributed by atoms with Gasteiger partial charge in [-0.1, -0.05) is 0 Å². The van der Waals surface area contributed by atoms with E-state index in [0.29, 0.717) is 18.9 Å². The fraction of sp³-hybridized carbons (Fsp3) is 0.545. The summed E-state index contributed by atoms with van der Waals surface area (Å²) >= 11 is 0. The van der Waals surface area contributed by atoms with Gasteiger partial charge in [0.25, 0.3) is 0 Å². The maximum Gasteiger partial charge on any atom is 0.396 e. The first-order chi connectivity index (χ1) is 9.44. The quantitative estimate of drug-likeness (QED) is 0.887. The third-order valence-electron chi connectivity index (χ3n) is 3.21. The van der Waals surface area contributed by atoms with Crippen molar-refractivity contribution in [3.63, 3.8) is 0 Å². The lowest BCUT2D eigenvalue weighted by atomic mass is 10.1. The van der Waals surface area contributed by atoms with Crippen molar-refractivity contribution in [3.05, 3.63) is 29.6 Å². The van der Waals surface area contributed by atoms with Gasteiger partial charge in [-0.05, 0) is 0 Å². The summed E-state index contributed by atoms with van der Waals surface area (Å²) in [4.78, 5) is 0. The van der Waals surface area contributed by atoms with E-state index in [1.807, 2.05) is 6.20 Å². The molecule has 0 spiro atoms. The topological polar surface area (TPSA) is 60.6 Å². The summed E-state index contributed by atoms with van der Waals surface area (Å²) in [7, 11) is 1.78. The molecule has 0 saturated carbocycles. The van der Waals surface area contributed by atoms with Gasteiger partial charge in [0, 0.05) is 31.9 Å². The average molecular weight is 286 g/mol. The van der Waals surface area contributed by atoms with E-state index in [2.05, 4.69) is 20.6 Å². The molecule has 0 amide bonds. The molecule has 0 radical (unpaired) electrons. The van der Waals surface area contributed by atoms with Gasteiger partial charge in [-0.3, -0.25) is 4.68 Å². The summed E-state index contributed by atoms with van der Waals surface area (Å²) in [6.45, 7) is 1.000. The molecule has 9 heteroatoms. The first-order valence-corrected chi connectivity index (χ1v) is 6.15. The monoisotopic (exact) mass is 286 g/mol. The van der Waals surface area contributed by atoms with E-state index in [0.717, 1.165) is 5.56 Å². The van der Waals surface area contributed by atoms with Crippen molar-refractivity contribution >= 4 is 0 Å². The van der Waals surface area contributed by atoms with Gasteiger partial charge >= 0.3 is 6.18 Å². The van der Waals surface area contributed by atoms with Crippen molar-refractivity contribution in [3.8, 4) is 0 Å². The molecule has 6 nitrogen and oxygen atoms in total. The van der Waals surface area contributed by atoms with Crippen LogP contribution in [0.3, 0.4) is 0 Å². The van der Waals surface area contributed by atoms with Crippen LogP contribution in [0.2, 0.25) is 0 Å². The number of fused-ring (bicyclic) bond motifs is 1. The Bertz CT molecular complexity index is 614. The molecule has 20 heavy (non-hydrogen) atoms. The number of alkyl halides is 3. The van der Waals surface area contributed by atoms with E-state index in [-0.39, 0.29) is 11.9 Å². The highest BCUT2D eigenvalue weighted by molar-refractivity contribution is 5.21. The van der Waals surface area contributed by atoms with Gasteiger partial charge in [-0.2, -0.15) is 18.3 Å². The predicted octanol–water partition coefficient (Wildman–Crippen LogP) is 0.809. The molecule has 1 unspecified atom stereocenters. The lowest BCUT2D eigenvalue weighted by molar-refractivity contribution is -0.129. The molecule has 1 N–H and O–H groups in total. The highest BCUT2D eigenvalue weighted by atomic mass is 19.4. The SMILES string of the molecule is Cn1cc(C2NCCn3c(CC(F)(F)F)nnc32)cn1. The maximum absolute atomic E-state index is 12.5. The molecule has 0 aliphatic carbocycles. The van der Waals surface area contributed by atoms with Gasteiger partial charge in [0.2, 0.25) is 0 Å². The van der Waals surface area contributed by atoms with Crippen LogP contribution in [-0.2, 0) is 20.0 Å². The van der Waals surface area contributed by atoms with E-state index in [4.69, 9.17) is 0 Å². The number of nitrogens with one attached hydrogen (secondary N) is 1. The lowest BCUT2D eigenvalue weighted by Gasteiger charge is -2.24. The third-order valence-corrected chi connectivity index (χ3v) is 3.21. The Balaban J connectivity index is 1.94. The van der Waals surface area contributed by atoms with Crippen LogP contribution in [0, 0.1) is 0 Å². The zero-order valence-corrected chi connectivity index (χ0v) is 10.7. The van der Waals surface area contributed by atoms with Gasteiger partial charge in [-0.25, -0.2) is 0 Å². The Hall–Kier alpha value is -1.90. The van der Waals surface area contributed by atoms with E-state index in [1.54, 1.807) is 22.5 Å². The Kier molecular flexibility index (Phi) is 3.00. The molecule has 2 aromatic rings. The third kappa shape index (κ3) is 2.40. The molecular formula is C11H13F3N6. The summed E-state index contributed by atoms with van der Waals surface area (Å²) < 4.78 is 40.7. The summed E-state index contributed by atoms with van der Waals surface area (Å²) in [5.41, 5.74) is 0.861. The molecule has 1 aliphatic heterocycles. The van der Waals surface area contributed by atoms with E-state index < -0.39 is 12.6 Å². The fourth-order valence-electron chi connectivity index (χ4n) is 2.38. The Labute approximate surface area is 112 Å². The first-order valence-electron chi connectivity index (χ1n) is 6.15. The highest BCUT2D eigenvalue weighted by Gasteiger charge is 2.34. The first kappa shape index (κ1) is 13.1. The molecule has 0 aromatic carbocycles. The number of hydrogen-bond acceptors (Lipinski definition) is 4. The number of aromatic nitrogens is 5. The lowest BCUT2D eigenvalue weighted by Crippen LogP contribution is -2.35. The van der Waals surface area contributed by atoms with E-state index in [1.165, 1.54) is 0 Å². The number of nitrogens with zero attached hydrogens (tertiary/aromatic N) is 5. The van der Waals surface area contributed by atoms with Crippen LogP contribution >= 0.6 is 0 Å². The molecule has 108 valence electrons. The van der Waals surface area contributed by atoms with Crippen LogP contribution in [0.4, 0.5) is 13.2 Å². The zero-order valence-electron chi connectivity index (χ0n) is 10.7. The largest absolute Gasteiger partial charge is 0.396 e. The Morgan fingerprint density at radius 2 is 2.20 bits per heavy atom. The second-order valence-corrected chi connectivity index (χ2v) is 4.75. The molecule has 2 aromatic heterocycles. The Morgan fingerprint density at radius 1 is 1.40 bits per heavy atom. The molecule has 3 rings (SSSR count). The van der Waals surface area contributed by atoms with Crippen LogP contribution < -0.4 is 5.32 Å². The van der Waals surface area contributed by atoms with Gasteiger partial charge in [0.1, 0.15) is 12.2 Å². The molecule has 1 aliphatic rings. The number of halogens is 3. The minimum absolute atomic E-state index is 0.0390. The zero-order chi connectivity index (χ0) is 14.3. The Morgan fingerprint density at radius 3 is 2.85 bits per heavy atom. The second-order valence-electron chi connectivity index (χ2n) is 4.75. The summed E-state index contributed by atoms with van der Waals surface area (Å²) in [6.07, 6.45) is -1.85. The number of rotatable bonds is 2. The molecule has 0 fully saturated rings. The highest BCUT2D eigenvalue weighted by Crippen LogP contribution is 2.26. The van der Waals surface area contributed by atoms with Gasteiger partial charge < -0.3 is 9.88 Å². The van der Waals surface area contributed by atoms with Crippen molar-refractivity contribution in [2.75, 3.05) is 6.54 Å². The molecule has 3 heterocycles. The van der Waals surface area contributed by atoms with Crippen LogP contribution in [0.1, 0.15) is 23.3 Å². The van der Waals surface area contributed by atoms with Crippen LogP contribution in [0.25, 0.3) is 0 Å². The van der Waals surface area contributed by atoms with Gasteiger partial charge in [0.15, 0.2) is 5.82 Å². The molecular weight excluding hydrogens is 273 g/mol. The van der Waals surface area contributed by atoms with Crippen molar-refractivity contribution in [1.82, 2.24) is 29.9 Å². The second kappa shape index (κ2) is 4.58. The fourth-order valence-corrected chi connectivity index (χ4v) is 2.38. The van der Waals surface area contributed by atoms with Crippen molar-refractivity contribution in [2.24, 2.45) is 7.05 Å². The summed E-state index contributed by atoms with van der Waals surface area (Å²) in [6, 6.07) is -0.271. The molecule has 0 bridgehead atoms. The average Bonchev–Trinajstić information content (AvgIpc) is 2.95. The normalized spacial score (nSPS) is 19.1. The minimum Gasteiger partial charge on any atom is -0.312 e. The van der Waals surface area contributed by atoms with Gasteiger partial charge in [-0.15, -0.1) is 10.2 Å². The summed E-state index contributed by atoms with van der Waals surface area (Å²) in [5.74, 6) is 0.464. The predicted molar refractivity (Wildman–Crippen MR) is 62.8 cm³/mol. The maximum atomic E-state index is 12.5. The number of hydrogen-bond donors (Lipinski definition) is 1. The van der Waals surface area contributed by atoms with E-state index >= 15 is 0 Å². The standard InChI is InChI=1S/C11H13F3N6/c1-19-6-7(5-16-19)9-10-18-17-8(4-11(12,13)14)20(10)3-2-15-9/h5-6,9,15H,2-4H2,1H3.